The first-order valence-corrected chi connectivity index (χ1v) is 16.4. The number of benzene rings is 2. The Morgan fingerprint density at radius 2 is 0.966 bits per heavy atom. The molecular weight excluding hydrogens is 400 g/mol. The molecule has 0 saturated carbocycles. The molecule has 0 fully saturated rings. The summed E-state index contributed by atoms with van der Waals surface area (Å²) in [7, 11) is -3.49. The van der Waals surface area contributed by atoms with Gasteiger partial charge in [0.25, 0.3) is 0 Å². The minimum Gasteiger partial charge on any atom is -0.508 e. The fraction of sp³-hybridized carbons (Fsp3) is 0.455. The first-order chi connectivity index (χ1) is 13.7. The molecule has 160 valence electrons. The molecule has 29 heavy (non-hydrogen) atoms. The largest absolute Gasteiger partial charge is 0.508 e. The minimum absolute atomic E-state index is 0.250. The van der Waals surface area contributed by atoms with Crippen LogP contribution in [0.3, 0.4) is 0 Å². The molecule has 2 aromatic rings. The molecule has 0 heterocycles. The van der Waals surface area contributed by atoms with E-state index in [9.17, 15) is 10.2 Å². The van der Waals surface area contributed by atoms with Gasteiger partial charge in [-0.2, -0.15) is 0 Å². The normalized spacial score (nSPS) is 12.0. The summed E-state index contributed by atoms with van der Waals surface area (Å²) >= 11 is 0. The molecule has 0 atom stereocenters. The fourth-order valence-electron chi connectivity index (χ4n) is 3.31. The average molecular weight is 435 g/mol. The van der Waals surface area contributed by atoms with Crippen molar-refractivity contribution in [1.29, 1.82) is 0 Å². The standard InChI is InChI=1S/C22H34O5Si2/c1-28(2,17-5-15-25-21-11-7-19(23)8-12-21)27-29(3,4)18-6-16-26-22-13-9-20(24)10-14-22/h7-14,23-24H,5-6,15-18H2,1-4H3. The van der Waals surface area contributed by atoms with Crippen LogP contribution in [0, 0.1) is 0 Å². The lowest BCUT2D eigenvalue weighted by Crippen LogP contribution is -2.44. The highest BCUT2D eigenvalue weighted by Crippen LogP contribution is 2.25. The maximum atomic E-state index is 9.31. The zero-order valence-corrected chi connectivity index (χ0v) is 20.0. The number of hydrogen-bond acceptors (Lipinski definition) is 5. The molecule has 5 nitrogen and oxygen atoms in total. The lowest BCUT2D eigenvalue weighted by atomic mass is 10.3. The highest BCUT2D eigenvalue weighted by molar-refractivity contribution is 6.84. The van der Waals surface area contributed by atoms with Crippen LogP contribution in [0.2, 0.25) is 38.3 Å². The summed E-state index contributed by atoms with van der Waals surface area (Å²) in [4.78, 5) is 0. The topological polar surface area (TPSA) is 68.2 Å². The van der Waals surface area contributed by atoms with Crippen molar-refractivity contribution in [3.8, 4) is 23.0 Å². The first-order valence-electron chi connectivity index (χ1n) is 10.2. The smallest absolute Gasteiger partial charge is 0.173 e. The van der Waals surface area contributed by atoms with E-state index in [-0.39, 0.29) is 11.5 Å². The van der Waals surface area contributed by atoms with Crippen molar-refractivity contribution in [3.63, 3.8) is 0 Å². The van der Waals surface area contributed by atoms with Crippen molar-refractivity contribution >= 4 is 16.6 Å². The Balaban J connectivity index is 1.65. The molecule has 2 N–H and O–H groups in total. The van der Waals surface area contributed by atoms with Crippen LogP contribution in [0.15, 0.2) is 48.5 Å². The highest BCUT2D eigenvalue weighted by atomic mass is 28.4. The van der Waals surface area contributed by atoms with E-state index in [1.165, 1.54) is 0 Å². The van der Waals surface area contributed by atoms with Gasteiger partial charge in [-0.05, 0) is 99.6 Å². The fourth-order valence-corrected chi connectivity index (χ4v) is 12.1. The number of hydrogen-bond donors (Lipinski definition) is 2. The lowest BCUT2D eigenvalue weighted by molar-refractivity contribution is 0.312. The maximum absolute atomic E-state index is 9.31. The van der Waals surface area contributed by atoms with Crippen LogP contribution in [0.1, 0.15) is 12.8 Å². The van der Waals surface area contributed by atoms with Gasteiger partial charge in [0.1, 0.15) is 23.0 Å². The van der Waals surface area contributed by atoms with E-state index in [1.807, 2.05) is 0 Å². The van der Waals surface area contributed by atoms with Crippen LogP contribution in [0.5, 0.6) is 23.0 Å². The van der Waals surface area contributed by atoms with Crippen molar-refractivity contribution < 1.29 is 23.8 Å². The Bertz CT molecular complexity index is 666. The number of ether oxygens (including phenoxy) is 2. The zero-order chi connectivity index (χ0) is 21.3. The van der Waals surface area contributed by atoms with Gasteiger partial charge in [-0.3, -0.25) is 0 Å². The lowest BCUT2D eigenvalue weighted by Gasteiger charge is -2.34. The molecule has 0 aliphatic heterocycles. The summed E-state index contributed by atoms with van der Waals surface area (Å²) in [5.41, 5.74) is 0. The Morgan fingerprint density at radius 1 is 0.621 bits per heavy atom. The summed E-state index contributed by atoms with van der Waals surface area (Å²) in [6.07, 6.45) is 1.93. The maximum Gasteiger partial charge on any atom is 0.173 e. The second-order valence-corrected chi connectivity index (χ2v) is 17.4. The monoisotopic (exact) mass is 434 g/mol. The number of phenols is 2. The number of aromatic hydroxyl groups is 2. The SMILES string of the molecule is C[Si](C)(CCCOc1ccc(O)cc1)O[Si](C)(C)CCCOc1ccc(O)cc1. The molecule has 0 bridgehead atoms. The molecule has 7 heteroatoms. The van der Waals surface area contributed by atoms with E-state index >= 15 is 0 Å². The van der Waals surface area contributed by atoms with Gasteiger partial charge in [0.2, 0.25) is 0 Å². The van der Waals surface area contributed by atoms with Crippen LogP contribution in [0.4, 0.5) is 0 Å². The number of rotatable bonds is 12. The molecule has 0 aliphatic carbocycles. The van der Waals surface area contributed by atoms with Gasteiger partial charge in [-0.15, -0.1) is 0 Å². The molecule has 0 aromatic heterocycles. The third kappa shape index (κ3) is 9.38. The second-order valence-electron chi connectivity index (χ2n) is 8.51. The predicted molar refractivity (Wildman–Crippen MR) is 122 cm³/mol. The highest BCUT2D eigenvalue weighted by Gasteiger charge is 2.32. The Morgan fingerprint density at radius 3 is 1.31 bits per heavy atom. The number of phenolic OH excluding ortho intramolecular Hbond substituents is 2. The van der Waals surface area contributed by atoms with Crippen LogP contribution in [-0.4, -0.2) is 40.1 Å². The summed E-state index contributed by atoms with van der Waals surface area (Å²) < 4.78 is 18.2. The molecule has 0 aliphatic rings. The Hall–Kier alpha value is -1.97. The third-order valence-electron chi connectivity index (χ3n) is 4.61. The molecular formula is C22H34O5Si2. The second kappa shape index (κ2) is 10.7. The van der Waals surface area contributed by atoms with E-state index in [0.29, 0.717) is 13.2 Å². The van der Waals surface area contributed by atoms with Gasteiger partial charge in [0, 0.05) is 0 Å². The summed E-state index contributed by atoms with van der Waals surface area (Å²) in [6.45, 7) is 10.5. The van der Waals surface area contributed by atoms with Gasteiger partial charge >= 0.3 is 0 Å². The summed E-state index contributed by atoms with van der Waals surface area (Å²) in [5.74, 6) is 2.07. The van der Waals surface area contributed by atoms with Crippen LogP contribution < -0.4 is 9.47 Å². The van der Waals surface area contributed by atoms with E-state index < -0.39 is 16.6 Å². The van der Waals surface area contributed by atoms with Gasteiger partial charge < -0.3 is 23.8 Å². The molecule has 0 radical (unpaired) electrons. The van der Waals surface area contributed by atoms with Crippen LogP contribution >= 0.6 is 0 Å². The quantitative estimate of drug-likeness (QED) is 0.328. The molecule has 0 spiro atoms. The van der Waals surface area contributed by atoms with E-state index in [2.05, 4.69) is 26.2 Å². The summed E-state index contributed by atoms with van der Waals surface area (Å²) in [5, 5.41) is 18.6. The van der Waals surface area contributed by atoms with E-state index in [4.69, 9.17) is 13.6 Å². The molecule has 2 aromatic carbocycles. The van der Waals surface area contributed by atoms with Gasteiger partial charge in [-0.1, -0.05) is 0 Å². The van der Waals surface area contributed by atoms with E-state index in [0.717, 1.165) is 36.4 Å². The Labute approximate surface area is 176 Å². The zero-order valence-electron chi connectivity index (χ0n) is 18.0. The Kier molecular flexibility index (Phi) is 8.61. The molecule has 2 rings (SSSR count). The minimum atomic E-state index is -1.74. The van der Waals surface area contributed by atoms with E-state index in [1.54, 1.807) is 48.5 Å². The van der Waals surface area contributed by atoms with Crippen molar-refractivity contribution in [2.24, 2.45) is 0 Å². The van der Waals surface area contributed by atoms with Crippen molar-refractivity contribution in [3.05, 3.63) is 48.5 Å². The van der Waals surface area contributed by atoms with Gasteiger partial charge in [0.15, 0.2) is 16.6 Å². The van der Waals surface area contributed by atoms with Crippen molar-refractivity contribution in [2.45, 2.75) is 51.1 Å². The van der Waals surface area contributed by atoms with Gasteiger partial charge in [0.05, 0.1) is 13.2 Å². The van der Waals surface area contributed by atoms with Crippen molar-refractivity contribution in [2.75, 3.05) is 13.2 Å². The predicted octanol–water partition coefficient (Wildman–Crippen LogP) is 5.76. The molecule has 0 unspecified atom stereocenters. The third-order valence-corrected chi connectivity index (χ3v) is 12.1. The average Bonchev–Trinajstić information content (AvgIpc) is 2.64. The molecule has 0 amide bonds. The van der Waals surface area contributed by atoms with Crippen molar-refractivity contribution in [1.82, 2.24) is 0 Å². The first kappa shape index (κ1) is 23.3. The molecule has 0 saturated heterocycles. The van der Waals surface area contributed by atoms with Crippen LogP contribution in [-0.2, 0) is 4.12 Å². The summed E-state index contributed by atoms with van der Waals surface area (Å²) in [6, 6.07) is 15.8. The van der Waals surface area contributed by atoms with Gasteiger partial charge in [-0.25, -0.2) is 0 Å². The van der Waals surface area contributed by atoms with Crippen LogP contribution in [0.25, 0.3) is 0 Å².